The number of hydrogen-bond donors (Lipinski definition) is 1. The molecule has 1 heterocycles. The average Bonchev–Trinajstić information content (AvgIpc) is 2.88. The van der Waals surface area contributed by atoms with Gasteiger partial charge in [0.1, 0.15) is 12.4 Å². The fourth-order valence-corrected chi connectivity index (χ4v) is 3.82. The number of ether oxygens (including phenoxy) is 2. The number of carbonyl (C=O) groups is 1. The minimum atomic E-state index is -0.923. The van der Waals surface area contributed by atoms with Gasteiger partial charge in [0.15, 0.2) is 5.79 Å². The minimum Gasteiger partial charge on any atom is -0.384 e. The second-order valence-electron chi connectivity index (χ2n) is 8.16. The van der Waals surface area contributed by atoms with Crippen molar-refractivity contribution in [2.45, 2.75) is 71.4 Å². The molecule has 1 aliphatic heterocycles. The zero-order chi connectivity index (χ0) is 17.1. The van der Waals surface area contributed by atoms with Gasteiger partial charge in [-0.1, -0.05) is 27.7 Å². The SMILES string of the molecule is CCN(CC(O)C=O)CC1COC2(CCC(C(C)(C)C)CC2)O1. The molecule has 2 aliphatic rings. The van der Waals surface area contributed by atoms with E-state index in [1.807, 2.05) is 11.8 Å². The Bertz CT molecular complexity index is 385. The standard InChI is InChI=1S/C18H33NO4/c1-5-19(10-15(21)12-20)11-16-13-22-18(23-16)8-6-14(7-9-18)17(2,3)4/h12,14-16,21H,5-11,13H2,1-4H3. The number of aliphatic hydroxyl groups excluding tert-OH is 1. The van der Waals surface area contributed by atoms with Crippen LogP contribution in [0.1, 0.15) is 53.4 Å². The maximum Gasteiger partial charge on any atom is 0.168 e. The maximum atomic E-state index is 10.6. The predicted octanol–water partition coefficient (Wildman–Crippen LogP) is 2.22. The summed E-state index contributed by atoms with van der Waals surface area (Å²) in [6.07, 6.45) is 3.93. The number of nitrogens with zero attached hydrogens (tertiary/aromatic N) is 1. The summed E-state index contributed by atoms with van der Waals surface area (Å²) in [5, 5.41) is 9.50. The van der Waals surface area contributed by atoms with Crippen molar-refractivity contribution in [3.05, 3.63) is 0 Å². The first-order valence-corrected chi connectivity index (χ1v) is 8.95. The quantitative estimate of drug-likeness (QED) is 0.758. The number of likely N-dealkylation sites (N-methyl/N-ethyl adjacent to an activating group) is 1. The molecule has 5 heteroatoms. The highest BCUT2D eigenvalue weighted by Gasteiger charge is 2.46. The van der Waals surface area contributed by atoms with Gasteiger partial charge in [-0.05, 0) is 30.7 Å². The third-order valence-corrected chi connectivity index (χ3v) is 5.40. The van der Waals surface area contributed by atoms with Crippen molar-refractivity contribution >= 4 is 6.29 Å². The summed E-state index contributed by atoms with van der Waals surface area (Å²) in [7, 11) is 0. The number of aldehydes is 1. The van der Waals surface area contributed by atoms with E-state index in [0.29, 0.717) is 31.4 Å². The lowest BCUT2D eigenvalue weighted by Gasteiger charge is -2.41. The molecule has 1 aliphatic carbocycles. The van der Waals surface area contributed by atoms with E-state index in [0.717, 1.165) is 38.1 Å². The van der Waals surface area contributed by atoms with Gasteiger partial charge in [-0.25, -0.2) is 0 Å². The molecule has 2 rings (SSSR count). The Balaban J connectivity index is 1.83. The molecule has 134 valence electrons. The van der Waals surface area contributed by atoms with Gasteiger partial charge >= 0.3 is 0 Å². The minimum absolute atomic E-state index is 0.0278. The lowest BCUT2D eigenvalue weighted by Crippen LogP contribution is -2.42. The Morgan fingerprint density at radius 1 is 1.35 bits per heavy atom. The summed E-state index contributed by atoms with van der Waals surface area (Å²) in [6.45, 7) is 11.4. The van der Waals surface area contributed by atoms with Crippen LogP contribution >= 0.6 is 0 Å². The van der Waals surface area contributed by atoms with Crippen molar-refractivity contribution < 1.29 is 19.4 Å². The van der Waals surface area contributed by atoms with Crippen molar-refractivity contribution in [1.29, 1.82) is 0 Å². The number of carbonyl (C=O) groups excluding carboxylic acids is 1. The molecule has 2 unspecified atom stereocenters. The van der Waals surface area contributed by atoms with Gasteiger partial charge in [-0.15, -0.1) is 0 Å². The molecule has 1 spiro atoms. The molecule has 0 bridgehead atoms. The van der Waals surface area contributed by atoms with E-state index in [4.69, 9.17) is 9.47 Å². The Kier molecular flexibility index (Phi) is 6.22. The smallest absolute Gasteiger partial charge is 0.168 e. The molecule has 23 heavy (non-hydrogen) atoms. The van der Waals surface area contributed by atoms with Crippen molar-refractivity contribution in [2.24, 2.45) is 11.3 Å². The lowest BCUT2D eigenvalue weighted by atomic mass is 9.71. The molecule has 2 fully saturated rings. The first kappa shape index (κ1) is 18.8. The van der Waals surface area contributed by atoms with Crippen LogP contribution in [0, 0.1) is 11.3 Å². The molecular formula is C18H33NO4. The Hall–Kier alpha value is -0.490. The molecular weight excluding hydrogens is 294 g/mol. The fourth-order valence-electron chi connectivity index (χ4n) is 3.82. The second-order valence-corrected chi connectivity index (χ2v) is 8.16. The average molecular weight is 327 g/mol. The molecule has 0 aromatic heterocycles. The van der Waals surface area contributed by atoms with Crippen LogP contribution in [0.25, 0.3) is 0 Å². The molecule has 5 nitrogen and oxygen atoms in total. The molecule has 1 N–H and O–H groups in total. The monoisotopic (exact) mass is 327 g/mol. The molecule has 1 saturated carbocycles. The zero-order valence-electron chi connectivity index (χ0n) is 15.1. The van der Waals surface area contributed by atoms with Crippen LogP contribution in [0.3, 0.4) is 0 Å². The number of rotatable bonds is 6. The molecule has 1 saturated heterocycles. The normalized spacial score (nSPS) is 33.3. The van der Waals surface area contributed by atoms with Crippen LogP contribution in [0.2, 0.25) is 0 Å². The van der Waals surface area contributed by atoms with Gasteiger partial charge in [0, 0.05) is 25.9 Å². The highest BCUT2D eigenvalue weighted by Crippen LogP contribution is 2.45. The maximum absolute atomic E-state index is 10.6. The van der Waals surface area contributed by atoms with Gasteiger partial charge in [0.25, 0.3) is 0 Å². The zero-order valence-corrected chi connectivity index (χ0v) is 15.1. The largest absolute Gasteiger partial charge is 0.384 e. The van der Waals surface area contributed by atoms with E-state index in [1.165, 1.54) is 0 Å². The molecule has 0 aromatic rings. The van der Waals surface area contributed by atoms with Crippen molar-refractivity contribution in [3.8, 4) is 0 Å². The Labute approximate surface area is 140 Å². The topological polar surface area (TPSA) is 59.0 Å². The molecule has 0 radical (unpaired) electrons. The van der Waals surface area contributed by atoms with Gasteiger partial charge in [-0.2, -0.15) is 0 Å². The first-order chi connectivity index (χ1) is 10.8. The Morgan fingerprint density at radius 3 is 2.52 bits per heavy atom. The van der Waals surface area contributed by atoms with Crippen LogP contribution in [0.15, 0.2) is 0 Å². The third kappa shape index (κ3) is 4.99. The fraction of sp³-hybridized carbons (Fsp3) is 0.944. The molecule has 2 atom stereocenters. The first-order valence-electron chi connectivity index (χ1n) is 8.95. The number of hydrogen-bond acceptors (Lipinski definition) is 5. The van der Waals surface area contributed by atoms with Gasteiger partial charge in [0.2, 0.25) is 0 Å². The van der Waals surface area contributed by atoms with Crippen LogP contribution in [-0.4, -0.2) is 60.5 Å². The van der Waals surface area contributed by atoms with E-state index >= 15 is 0 Å². The summed E-state index contributed by atoms with van der Waals surface area (Å²) < 4.78 is 12.3. The summed E-state index contributed by atoms with van der Waals surface area (Å²) in [5.41, 5.74) is 0.351. The predicted molar refractivity (Wildman–Crippen MR) is 89.2 cm³/mol. The highest BCUT2D eigenvalue weighted by atomic mass is 16.7. The van der Waals surface area contributed by atoms with E-state index < -0.39 is 11.9 Å². The Morgan fingerprint density at radius 2 is 2.00 bits per heavy atom. The summed E-state index contributed by atoms with van der Waals surface area (Å²) >= 11 is 0. The van der Waals surface area contributed by atoms with E-state index in [9.17, 15) is 9.90 Å². The summed E-state index contributed by atoms with van der Waals surface area (Å²) in [4.78, 5) is 12.7. The van der Waals surface area contributed by atoms with Crippen LogP contribution in [0.5, 0.6) is 0 Å². The van der Waals surface area contributed by atoms with Crippen molar-refractivity contribution in [3.63, 3.8) is 0 Å². The van der Waals surface area contributed by atoms with Crippen molar-refractivity contribution in [2.75, 3.05) is 26.2 Å². The third-order valence-electron chi connectivity index (χ3n) is 5.40. The van der Waals surface area contributed by atoms with Gasteiger partial charge in [0.05, 0.1) is 12.7 Å². The number of aliphatic hydroxyl groups is 1. The van der Waals surface area contributed by atoms with E-state index in [2.05, 4.69) is 20.8 Å². The second kappa shape index (κ2) is 7.60. The van der Waals surface area contributed by atoms with Crippen LogP contribution in [0.4, 0.5) is 0 Å². The van der Waals surface area contributed by atoms with Crippen molar-refractivity contribution in [1.82, 2.24) is 4.90 Å². The van der Waals surface area contributed by atoms with Gasteiger partial charge < -0.3 is 19.4 Å². The summed E-state index contributed by atoms with van der Waals surface area (Å²) in [5.74, 6) is 0.337. The van der Waals surface area contributed by atoms with E-state index in [1.54, 1.807) is 0 Å². The molecule has 0 amide bonds. The highest BCUT2D eigenvalue weighted by molar-refractivity contribution is 5.55. The van der Waals surface area contributed by atoms with Gasteiger partial charge in [-0.3, -0.25) is 4.90 Å². The lowest BCUT2D eigenvalue weighted by molar-refractivity contribution is -0.197. The molecule has 0 aromatic carbocycles. The summed E-state index contributed by atoms with van der Waals surface area (Å²) in [6, 6.07) is 0. The van der Waals surface area contributed by atoms with Crippen LogP contribution in [-0.2, 0) is 14.3 Å². The van der Waals surface area contributed by atoms with Crippen LogP contribution < -0.4 is 0 Å². The van der Waals surface area contributed by atoms with E-state index in [-0.39, 0.29) is 6.10 Å².